The molecule has 0 heterocycles. The Labute approximate surface area is 118 Å². The Bertz CT molecular complexity index is 622. The first-order valence-electron chi connectivity index (χ1n) is 7.04. The molecule has 4 bridgehead atoms. The third-order valence-electron chi connectivity index (χ3n) is 5.02. The summed E-state index contributed by atoms with van der Waals surface area (Å²) in [7, 11) is 0. The number of allylic oxidation sites excluding steroid dienone is 6. The number of hydrogen-bond donors (Lipinski definition) is 1. The summed E-state index contributed by atoms with van der Waals surface area (Å²) in [4.78, 5) is 12.9. The molecule has 0 aromatic rings. The maximum absolute atomic E-state index is 12.9. The minimum absolute atomic E-state index is 0.0763. The van der Waals surface area contributed by atoms with Crippen molar-refractivity contribution in [2.45, 2.75) is 5.60 Å². The van der Waals surface area contributed by atoms with E-state index < -0.39 is 11.0 Å². The Morgan fingerprint density at radius 2 is 1.45 bits per heavy atom. The molecule has 0 aliphatic heterocycles. The van der Waals surface area contributed by atoms with E-state index in [0.29, 0.717) is 0 Å². The SMILES string of the molecule is O=C1[C@@H]2C=CC=C[C@@]1(C1(O)[C@@H]3C=CC=C[C@H]1C=C3)C=C2. The molecule has 0 aromatic heterocycles. The first kappa shape index (κ1) is 11.9. The first-order chi connectivity index (χ1) is 9.68. The number of hydrogen-bond acceptors (Lipinski definition) is 2. The van der Waals surface area contributed by atoms with Gasteiger partial charge in [0.25, 0.3) is 0 Å². The van der Waals surface area contributed by atoms with Crippen molar-refractivity contribution in [2.75, 3.05) is 0 Å². The van der Waals surface area contributed by atoms with Crippen LogP contribution in [0.4, 0.5) is 0 Å². The summed E-state index contributed by atoms with van der Waals surface area (Å²) < 4.78 is 0. The smallest absolute Gasteiger partial charge is 0.160 e. The maximum Gasteiger partial charge on any atom is 0.160 e. The molecule has 5 atom stereocenters. The number of ketones is 1. The van der Waals surface area contributed by atoms with Crippen molar-refractivity contribution in [1.82, 2.24) is 0 Å². The number of aliphatic hydroxyl groups is 1. The fourth-order valence-electron chi connectivity index (χ4n) is 3.94. The highest BCUT2D eigenvalue weighted by Gasteiger charge is 2.62. The van der Waals surface area contributed by atoms with E-state index in [1.165, 1.54) is 0 Å². The zero-order chi connectivity index (χ0) is 13.8. The molecule has 1 unspecified atom stereocenters. The molecule has 0 fully saturated rings. The number of carbonyl (C=O) groups is 1. The van der Waals surface area contributed by atoms with E-state index in [-0.39, 0.29) is 23.5 Å². The molecule has 4 aliphatic rings. The molecule has 0 radical (unpaired) electrons. The molecule has 0 spiro atoms. The maximum atomic E-state index is 12.9. The van der Waals surface area contributed by atoms with E-state index in [2.05, 4.69) is 0 Å². The Kier molecular flexibility index (Phi) is 2.25. The van der Waals surface area contributed by atoms with Crippen LogP contribution in [-0.2, 0) is 4.79 Å². The fraction of sp³-hybridized carbons (Fsp3) is 0.278. The summed E-state index contributed by atoms with van der Waals surface area (Å²) in [6.45, 7) is 0. The van der Waals surface area contributed by atoms with Gasteiger partial charge in [0.15, 0.2) is 5.78 Å². The molecule has 2 nitrogen and oxygen atoms in total. The van der Waals surface area contributed by atoms with Crippen molar-refractivity contribution in [3.05, 3.63) is 72.9 Å². The van der Waals surface area contributed by atoms with Crippen LogP contribution in [-0.4, -0.2) is 16.5 Å². The van der Waals surface area contributed by atoms with Crippen LogP contribution in [0, 0.1) is 23.2 Å². The van der Waals surface area contributed by atoms with E-state index >= 15 is 0 Å². The van der Waals surface area contributed by atoms with Crippen molar-refractivity contribution in [2.24, 2.45) is 23.2 Å². The Hall–Kier alpha value is -1.93. The standard InChI is InChI=1S/C18H16O2/c19-16-13-5-3-4-11-17(16,12-10-13)18(20)14-6-1-2-7-15(18)9-8-14/h1-15,20H/t13-,14-,15+,17-,18?/m1/s1. The van der Waals surface area contributed by atoms with Crippen molar-refractivity contribution in [1.29, 1.82) is 0 Å². The lowest BCUT2D eigenvalue weighted by Gasteiger charge is -2.44. The van der Waals surface area contributed by atoms with Gasteiger partial charge in [0, 0.05) is 11.8 Å². The van der Waals surface area contributed by atoms with Gasteiger partial charge in [-0.25, -0.2) is 0 Å². The summed E-state index contributed by atoms with van der Waals surface area (Å²) in [5, 5.41) is 11.5. The number of carbonyl (C=O) groups excluding carboxylic acids is 1. The highest BCUT2D eigenvalue weighted by Crippen LogP contribution is 2.55. The van der Waals surface area contributed by atoms with Gasteiger partial charge >= 0.3 is 0 Å². The number of Topliss-reactive ketones (excluding diaryl/α,β-unsaturated/α-hetero) is 1. The van der Waals surface area contributed by atoms with Gasteiger partial charge < -0.3 is 5.11 Å². The Balaban J connectivity index is 1.92. The second-order valence-corrected chi connectivity index (χ2v) is 5.89. The number of fused-ring (bicyclic) bond motifs is 5. The molecule has 0 amide bonds. The molecule has 4 rings (SSSR count). The minimum Gasteiger partial charge on any atom is -0.386 e. The Morgan fingerprint density at radius 1 is 0.800 bits per heavy atom. The van der Waals surface area contributed by atoms with Crippen molar-refractivity contribution in [3.8, 4) is 0 Å². The van der Waals surface area contributed by atoms with E-state index in [9.17, 15) is 9.90 Å². The third-order valence-corrected chi connectivity index (χ3v) is 5.02. The molecular formula is C18H16O2. The monoisotopic (exact) mass is 264 g/mol. The van der Waals surface area contributed by atoms with Crippen LogP contribution in [0.3, 0.4) is 0 Å². The molecule has 2 heteroatoms. The average molecular weight is 264 g/mol. The predicted octanol–water partition coefficient (Wildman–Crippen LogP) is 2.51. The van der Waals surface area contributed by atoms with Crippen LogP contribution < -0.4 is 0 Å². The first-order valence-corrected chi connectivity index (χ1v) is 7.04. The predicted molar refractivity (Wildman–Crippen MR) is 77.7 cm³/mol. The van der Waals surface area contributed by atoms with Gasteiger partial charge in [-0.2, -0.15) is 0 Å². The van der Waals surface area contributed by atoms with Crippen LogP contribution in [0.25, 0.3) is 0 Å². The fourth-order valence-corrected chi connectivity index (χ4v) is 3.94. The van der Waals surface area contributed by atoms with Gasteiger partial charge in [-0.05, 0) is 0 Å². The van der Waals surface area contributed by atoms with Crippen molar-refractivity contribution in [3.63, 3.8) is 0 Å². The van der Waals surface area contributed by atoms with Gasteiger partial charge in [0.1, 0.15) is 5.60 Å². The van der Waals surface area contributed by atoms with E-state index in [0.717, 1.165) is 0 Å². The lowest BCUT2D eigenvalue weighted by molar-refractivity contribution is -0.141. The lowest BCUT2D eigenvalue weighted by Crippen LogP contribution is -2.56. The molecule has 4 aliphatic carbocycles. The molecule has 100 valence electrons. The summed E-state index contributed by atoms with van der Waals surface area (Å²) in [5.74, 6) is -0.424. The molecule has 0 saturated heterocycles. The summed E-state index contributed by atoms with van der Waals surface area (Å²) in [6.07, 6.45) is 23.3. The third kappa shape index (κ3) is 1.20. The minimum atomic E-state index is -1.14. The van der Waals surface area contributed by atoms with E-state index in [1.807, 2.05) is 72.9 Å². The Morgan fingerprint density at radius 3 is 2.15 bits per heavy atom. The van der Waals surface area contributed by atoms with Gasteiger partial charge in [-0.1, -0.05) is 72.9 Å². The molecule has 0 aromatic carbocycles. The second kappa shape index (κ2) is 3.80. The average Bonchev–Trinajstić information content (AvgIpc) is 2.72. The van der Waals surface area contributed by atoms with Gasteiger partial charge in [-0.3, -0.25) is 4.79 Å². The van der Waals surface area contributed by atoms with Crippen LogP contribution in [0.15, 0.2) is 72.9 Å². The summed E-state index contributed by atoms with van der Waals surface area (Å²) in [6, 6.07) is 0. The van der Waals surface area contributed by atoms with Crippen LogP contribution in [0.1, 0.15) is 0 Å². The van der Waals surface area contributed by atoms with Crippen LogP contribution in [0.5, 0.6) is 0 Å². The number of rotatable bonds is 1. The molecule has 1 N–H and O–H groups in total. The topological polar surface area (TPSA) is 37.3 Å². The zero-order valence-electron chi connectivity index (χ0n) is 11.0. The molecular weight excluding hydrogens is 248 g/mol. The van der Waals surface area contributed by atoms with Crippen molar-refractivity contribution >= 4 is 5.78 Å². The molecule has 20 heavy (non-hydrogen) atoms. The lowest BCUT2D eigenvalue weighted by atomic mass is 9.61. The zero-order valence-corrected chi connectivity index (χ0v) is 11.0. The highest BCUT2D eigenvalue weighted by molar-refractivity contribution is 5.98. The van der Waals surface area contributed by atoms with Crippen LogP contribution >= 0.6 is 0 Å². The largest absolute Gasteiger partial charge is 0.386 e. The normalized spacial score (nSPS) is 47.0. The summed E-state index contributed by atoms with van der Waals surface area (Å²) >= 11 is 0. The van der Waals surface area contributed by atoms with Gasteiger partial charge in [0.05, 0.1) is 11.3 Å². The molecule has 0 saturated carbocycles. The van der Waals surface area contributed by atoms with E-state index in [1.54, 1.807) is 0 Å². The quantitative estimate of drug-likeness (QED) is 0.739. The van der Waals surface area contributed by atoms with Crippen molar-refractivity contribution < 1.29 is 9.90 Å². The van der Waals surface area contributed by atoms with Gasteiger partial charge in [0.2, 0.25) is 0 Å². The highest BCUT2D eigenvalue weighted by atomic mass is 16.3. The van der Waals surface area contributed by atoms with Gasteiger partial charge in [-0.15, -0.1) is 0 Å². The van der Waals surface area contributed by atoms with E-state index in [4.69, 9.17) is 0 Å². The van der Waals surface area contributed by atoms with Crippen LogP contribution in [0.2, 0.25) is 0 Å². The second-order valence-electron chi connectivity index (χ2n) is 5.89. The summed E-state index contributed by atoms with van der Waals surface area (Å²) in [5.41, 5.74) is -2.07.